The largest absolute Gasteiger partial charge is 0.497 e. The topological polar surface area (TPSA) is 45.7 Å². The molecule has 1 aliphatic rings. The molecule has 1 saturated heterocycles. The van der Waals surface area contributed by atoms with Crippen molar-refractivity contribution < 1.29 is 9.53 Å². The Labute approximate surface area is 159 Å². The Kier molecular flexibility index (Phi) is 5.03. The average molecular weight is 361 g/mol. The molecule has 0 spiro atoms. The third-order valence-corrected chi connectivity index (χ3v) is 5.04. The van der Waals surface area contributed by atoms with E-state index >= 15 is 0 Å². The number of benzene rings is 2. The second kappa shape index (κ2) is 7.76. The number of carbonyl (C=O) groups is 1. The summed E-state index contributed by atoms with van der Waals surface area (Å²) in [5, 5.41) is 1.05. The van der Waals surface area contributed by atoms with Gasteiger partial charge >= 0.3 is 0 Å². The van der Waals surface area contributed by atoms with Gasteiger partial charge in [0.2, 0.25) is 0 Å². The van der Waals surface area contributed by atoms with E-state index in [0.717, 1.165) is 49.4 Å². The maximum atomic E-state index is 12.8. The van der Waals surface area contributed by atoms with Gasteiger partial charge in [-0.1, -0.05) is 36.4 Å². The second-order valence-corrected chi connectivity index (χ2v) is 6.81. The van der Waals surface area contributed by atoms with Gasteiger partial charge in [0.1, 0.15) is 11.4 Å². The molecule has 0 N–H and O–H groups in total. The van der Waals surface area contributed by atoms with Gasteiger partial charge in [0.25, 0.3) is 5.91 Å². The number of methoxy groups -OCH3 is 1. The lowest BCUT2D eigenvalue weighted by Gasteiger charge is -2.34. The molecular weight excluding hydrogens is 338 g/mol. The molecule has 138 valence electrons. The lowest BCUT2D eigenvalue weighted by Crippen LogP contribution is -2.48. The van der Waals surface area contributed by atoms with Crippen LogP contribution >= 0.6 is 0 Å². The summed E-state index contributed by atoms with van der Waals surface area (Å²) in [6.45, 7) is 4.07. The van der Waals surface area contributed by atoms with Gasteiger partial charge in [-0.15, -0.1) is 0 Å². The number of hydrogen-bond donors (Lipinski definition) is 0. The molecule has 0 aliphatic carbocycles. The third-order valence-electron chi connectivity index (χ3n) is 5.04. The van der Waals surface area contributed by atoms with Crippen molar-refractivity contribution in [2.45, 2.75) is 6.54 Å². The first-order valence-corrected chi connectivity index (χ1v) is 9.23. The number of aromatic nitrogens is 1. The number of ether oxygens (including phenoxy) is 1. The normalized spacial score (nSPS) is 15.1. The van der Waals surface area contributed by atoms with Gasteiger partial charge in [-0.05, 0) is 29.8 Å². The molecule has 1 aliphatic heterocycles. The van der Waals surface area contributed by atoms with E-state index in [0.29, 0.717) is 5.69 Å². The summed E-state index contributed by atoms with van der Waals surface area (Å²) < 4.78 is 5.20. The molecule has 1 fully saturated rings. The number of nitrogens with zero attached hydrogens (tertiary/aromatic N) is 3. The number of piperazine rings is 1. The van der Waals surface area contributed by atoms with Crippen LogP contribution < -0.4 is 4.74 Å². The van der Waals surface area contributed by atoms with Crippen molar-refractivity contribution in [3.63, 3.8) is 0 Å². The molecule has 0 bridgehead atoms. The van der Waals surface area contributed by atoms with E-state index in [1.54, 1.807) is 7.11 Å². The highest BCUT2D eigenvalue weighted by Gasteiger charge is 2.23. The van der Waals surface area contributed by atoms with Gasteiger partial charge in [-0.25, -0.2) is 4.98 Å². The van der Waals surface area contributed by atoms with E-state index in [1.165, 1.54) is 5.56 Å². The maximum Gasteiger partial charge on any atom is 0.272 e. The Balaban J connectivity index is 1.36. The van der Waals surface area contributed by atoms with Crippen LogP contribution in [0.2, 0.25) is 0 Å². The number of hydrogen-bond acceptors (Lipinski definition) is 4. The highest BCUT2D eigenvalue weighted by molar-refractivity contribution is 5.95. The van der Waals surface area contributed by atoms with Gasteiger partial charge in [0.05, 0.1) is 12.6 Å². The summed E-state index contributed by atoms with van der Waals surface area (Å²) in [6.07, 6.45) is 0. The van der Waals surface area contributed by atoms with Crippen molar-refractivity contribution in [3.05, 3.63) is 71.9 Å². The van der Waals surface area contributed by atoms with Gasteiger partial charge in [-0.3, -0.25) is 9.69 Å². The Morgan fingerprint density at radius 2 is 1.70 bits per heavy atom. The molecule has 0 saturated carbocycles. The summed E-state index contributed by atoms with van der Waals surface area (Å²) in [5.41, 5.74) is 2.64. The average Bonchev–Trinajstić information content (AvgIpc) is 2.74. The number of rotatable bonds is 4. The molecule has 3 aromatic rings. The predicted octanol–water partition coefficient (Wildman–Crippen LogP) is 3.20. The summed E-state index contributed by atoms with van der Waals surface area (Å²) in [6, 6.07) is 19.8. The van der Waals surface area contributed by atoms with Crippen LogP contribution in [0.25, 0.3) is 10.9 Å². The lowest BCUT2D eigenvalue weighted by atomic mass is 10.1. The van der Waals surface area contributed by atoms with E-state index < -0.39 is 0 Å². The Morgan fingerprint density at radius 1 is 0.963 bits per heavy atom. The van der Waals surface area contributed by atoms with Crippen LogP contribution in [0.3, 0.4) is 0 Å². The Morgan fingerprint density at radius 3 is 2.44 bits per heavy atom. The molecule has 0 atom stereocenters. The lowest BCUT2D eigenvalue weighted by molar-refractivity contribution is 0.0623. The molecule has 4 rings (SSSR count). The Hall–Kier alpha value is -2.92. The van der Waals surface area contributed by atoms with E-state index in [1.807, 2.05) is 53.4 Å². The van der Waals surface area contributed by atoms with Crippen LogP contribution in [0.5, 0.6) is 5.75 Å². The molecular formula is C22H23N3O2. The number of pyridine rings is 1. The molecule has 0 unspecified atom stereocenters. The quantitative estimate of drug-likeness (QED) is 0.716. The van der Waals surface area contributed by atoms with Crippen molar-refractivity contribution in [2.24, 2.45) is 0 Å². The zero-order valence-electron chi connectivity index (χ0n) is 15.5. The molecule has 1 aromatic heterocycles. The minimum atomic E-state index is 0.0184. The van der Waals surface area contributed by atoms with Crippen molar-refractivity contribution in [2.75, 3.05) is 33.3 Å². The smallest absolute Gasteiger partial charge is 0.272 e. The number of amides is 1. The van der Waals surface area contributed by atoms with E-state index in [4.69, 9.17) is 4.74 Å². The highest BCUT2D eigenvalue weighted by Crippen LogP contribution is 2.16. The number of para-hydroxylation sites is 1. The third kappa shape index (κ3) is 3.93. The number of fused-ring (bicyclic) bond motifs is 1. The standard InChI is InChI=1S/C22H23N3O2/c1-27-19-9-6-17(7-10-19)16-24-12-14-25(15-13-24)22(26)21-11-8-18-4-2-3-5-20(18)23-21/h2-11H,12-16H2,1H3. The van der Waals surface area contributed by atoms with Gasteiger partial charge < -0.3 is 9.64 Å². The monoisotopic (exact) mass is 361 g/mol. The van der Waals surface area contributed by atoms with E-state index in [2.05, 4.69) is 22.0 Å². The molecule has 5 heteroatoms. The van der Waals surface area contributed by atoms with Crippen LogP contribution in [0.1, 0.15) is 16.1 Å². The first-order valence-electron chi connectivity index (χ1n) is 9.23. The molecule has 27 heavy (non-hydrogen) atoms. The van der Waals surface area contributed by atoms with Crippen LogP contribution in [0, 0.1) is 0 Å². The fraction of sp³-hybridized carbons (Fsp3) is 0.273. The zero-order chi connectivity index (χ0) is 18.6. The van der Waals surface area contributed by atoms with Crippen LogP contribution in [-0.4, -0.2) is 54.0 Å². The summed E-state index contributed by atoms with van der Waals surface area (Å²) >= 11 is 0. The first kappa shape index (κ1) is 17.5. The molecule has 2 heterocycles. The molecule has 5 nitrogen and oxygen atoms in total. The summed E-state index contributed by atoms with van der Waals surface area (Å²) in [7, 11) is 1.68. The van der Waals surface area contributed by atoms with E-state index in [-0.39, 0.29) is 5.91 Å². The zero-order valence-corrected chi connectivity index (χ0v) is 15.5. The summed E-state index contributed by atoms with van der Waals surface area (Å²) in [5.74, 6) is 0.891. The molecule has 0 radical (unpaired) electrons. The number of carbonyl (C=O) groups excluding carboxylic acids is 1. The van der Waals surface area contributed by atoms with Crippen molar-refractivity contribution in [1.82, 2.24) is 14.8 Å². The van der Waals surface area contributed by atoms with Crippen molar-refractivity contribution in [1.29, 1.82) is 0 Å². The fourth-order valence-corrected chi connectivity index (χ4v) is 3.45. The minimum Gasteiger partial charge on any atom is -0.497 e. The van der Waals surface area contributed by atoms with Crippen LogP contribution in [0.4, 0.5) is 0 Å². The molecule has 2 aromatic carbocycles. The Bertz CT molecular complexity index is 932. The fourth-order valence-electron chi connectivity index (χ4n) is 3.45. The first-order chi connectivity index (χ1) is 13.2. The maximum absolute atomic E-state index is 12.8. The van der Waals surface area contributed by atoms with E-state index in [9.17, 15) is 4.79 Å². The van der Waals surface area contributed by atoms with Gasteiger partial charge in [0.15, 0.2) is 0 Å². The summed E-state index contributed by atoms with van der Waals surface area (Å²) in [4.78, 5) is 21.6. The SMILES string of the molecule is COc1ccc(CN2CCN(C(=O)c3ccc4ccccc4n3)CC2)cc1. The van der Waals surface area contributed by atoms with Gasteiger partial charge in [0, 0.05) is 38.1 Å². The molecule has 1 amide bonds. The minimum absolute atomic E-state index is 0.0184. The highest BCUT2D eigenvalue weighted by atomic mass is 16.5. The van der Waals surface area contributed by atoms with Crippen LogP contribution in [0.15, 0.2) is 60.7 Å². The second-order valence-electron chi connectivity index (χ2n) is 6.81. The van der Waals surface area contributed by atoms with Crippen LogP contribution in [-0.2, 0) is 6.54 Å². The predicted molar refractivity (Wildman–Crippen MR) is 106 cm³/mol. The van der Waals surface area contributed by atoms with Crippen molar-refractivity contribution >= 4 is 16.8 Å². The van der Waals surface area contributed by atoms with Crippen molar-refractivity contribution in [3.8, 4) is 5.75 Å². The van der Waals surface area contributed by atoms with Gasteiger partial charge in [-0.2, -0.15) is 0 Å².